The average Bonchev–Trinajstić information content (AvgIpc) is 2.66. The number of amides is 3. The van der Waals surface area contributed by atoms with Crippen molar-refractivity contribution < 1.29 is 14.0 Å². The third-order valence-electron chi connectivity index (χ3n) is 5.50. The van der Waals surface area contributed by atoms with Crippen molar-refractivity contribution in [3.05, 3.63) is 29.6 Å². The van der Waals surface area contributed by atoms with Crippen molar-refractivity contribution in [1.82, 2.24) is 9.80 Å². The van der Waals surface area contributed by atoms with E-state index in [1.54, 1.807) is 24.0 Å². The van der Waals surface area contributed by atoms with E-state index in [2.05, 4.69) is 5.32 Å². The molecule has 0 atom stereocenters. The molecule has 2 fully saturated rings. The third-order valence-corrected chi connectivity index (χ3v) is 5.50. The quantitative estimate of drug-likeness (QED) is 0.891. The molecule has 0 radical (unpaired) electrons. The molecule has 142 valence electrons. The number of hydrogen-bond acceptors (Lipinski definition) is 2. The van der Waals surface area contributed by atoms with E-state index in [0.717, 1.165) is 38.8 Å². The van der Waals surface area contributed by atoms with E-state index >= 15 is 0 Å². The number of rotatable bonds is 3. The fourth-order valence-corrected chi connectivity index (χ4v) is 3.73. The molecule has 3 amide bonds. The highest BCUT2D eigenvalue weighted by atomic mass is 19.1. The van der Waals surface area contributed by atoms with Gasteiger partial charge in [0.05, 0.1) is 0 Å². The molecule has 1 aromatic rings. The van der Waals surface area contributed by atoms with Gasteiger partial charge in [0.15, 0.2) is 0 Å². The van der Waals surface area contributed by atoms with Crippen molar-refractivity contribution in [2.75, 3.05) is 31.5 Å². The summed E-state index contributed by atoms with van der Waals surface area (Å²) in [6.07, 6.45) is 5.74. The van der Waals surface area contributed by atoms with Crippen LogP contribution >= 0.6 is 0 Å². The van der Waals surface area contributed by atoms with Crippen LogP contribution < -0.4 is 5.32 Å². The topological polar surface area (TPSA) is 52.7 Å². The van der Waals surface area contributed by atoms with Gasteiger partial charge in [-0.15, -0.1) is 0 Å². The lowest BCUT2D eigenvalue weighted by molar-refractivity contribution is -0.133. The molecule has 5 nitrogen and oxygen atoms in total. The largest absolute Gasteiger partial charge is 0.343 e. The molecule has 2 aliphatic heterocycles. The fourth-order valence-electron chi connectivity index (χ4n) is 3.73. The van der Waals surface area contributed by atoms with Gasteiger partial charge in [0.25, 0.3) is 0 Å². The van der Waals surface area contributed by atoms with Gasteiger partial charge in [0, 0.05) is 38.3 Å². The van der Waals surface area contributed by atoms with Crippen LogP contribution in [-0.4, -0.2) is 47.9 Å². The predicted molar refractivity (Wildman–Crippen MR) is 99.5 cm³/mol. The first kappa shape index (κ1) is 18.7. The van der Waals surface area contributed by atoms with Gasteiger partial charge in [0.1, 0.15) is 5.82 Å². The summed E-state index contributed by atoms with van der Waals surface area (Å²) in [5, 5.41) is 2.76. The molecule has 1 N–H and O–H groups in total. The van der Waals surface area contributed by atoms with Crippen molar-refractivity contribution in [2.24, 2.45) is 5.92 Å². The van der Waals surface area contributed by atoms with E-state index < -0.39 is 0 Å². The van der Waals surface area contributed by atoms with Crippen LogP contribution in [0, 0.1) is 18.7 Å². The highest BCUT2D eigenvalue weighted by molar-refractivity contribution is 5.89. The number of carbonyl (C=O) groups excluding carboxylic acids is 2. The second kappa shape index (κ2) is 8.52. The molecule has 0 bridgehead atoms. The second-order valence-electron chi connectivity index (χ2n) is 7.47. The van der Waals surface area contributed by atoms with Gasteiger partial charge in [-0.25, -0.2) is 9.18 Å². The highest BCUT2D eigenvalue weighted by Gasteiger charge is 2.26. The lowest BCUT2D eigenvalue weighted by atomic mass is 9.93. The molecule has 0 spiro atoms. The van der Waals surface area contributed by atoms with Crippen molar-refractivity contribution in [3.8, 4) is 0 Å². The van der Waals surface area contributed by atoms with Gasteiger partial charge in [0.2, 0.25) is 5.91 Å². The molecule has 0 aliphatic carbocycles. The number of hydrogen-bond donors (Lipinski definition) is 1. The Bertz CT molecular complexity index is 650. The zero-order valence-corrected chi connectivity index (χ0v) is 15.5. The van der Waals surface area contributed by atoms with E-state index in [9.17, 15) is 14.0 Å². The summed E-state index contributed by atoms with van der Waals surface area (Å²) in [5.41, 5.74) is 1.03. The van der Waals surface area contributed by atoms with Crippen LogP contribution in [0.1, 0.15) is 44.1 Å². The Morgan fingerprint density at radius 1 is 1.08 bits per heavy atom. The normalized spacial score (nSPS) is 18.7. The van der Waals surface area contributed by atoms with E-state index in [-0.39, 0.29) is 17.8 Å². The fraction of sp³-hybridized carbons (Fsp3) is 0.600. The van der Waals surface area contributed by atoms with Crippen LogP contribution in [0.4, 0.5) is 14.9 Å². The van der Waals surface area contributed by atoms with Crippen molar-refractivity contribution >= 4 is 17.6 Å². The Morgan fingerprint density at radius 2 is 1.77 bits per heavy atom. The maximum absolute atomic E-state index is 13.6. The SMILES string of the molecule is Cc1ccc(NC(=O)N2CCC(CC(=O)N3CCCCC3)CC2)cc1F. The molecule has 1 aromatic carbocycles. The summed E-state index contributed by atoms with van der Waals surface area (Å²) in [6, 6.07) is 4.51. The Hall–Kier alpha value is -2.11. The number of aryl methyl sites for hydroxylation is 1. The standard InChI is InChI=1S/C20H28FN3O2/c1-15-5-6-17(14-18(15)21)22-20(26)24-11-7-16(8-12-24)13-19(25)23-9-3-2-4-10-23/h5-6,14,16H,2-4,7-13H2,1H3,(H,22,26). The molecule has 0 unspecified atom stereocenters. The smallest absolute Gasteiger partial charge is 0.321 e. The number of piperidine rings is 2. The number of halogens is 1. The zero-order valence-electron chi connectivity index (χ0n) is 15.5. The first-order chi connectivity index (χ1) is 12.5. The van der Waals surface area contributed by atoms with Gasteiger partial charge in [-0.2, -0.15) is 0 Å². The Kier molecular flexibility index (Phi) is 6.12. The molecule has 3 rings (SSSR count). The van der Waals surface area contributed by atoms with Crippen LogP contribution in [0.15, 0.2) is 18.2 Å². The summed E-state index contributed by atoms with van der Waals surface area (Å²) in [6.45, 7) is 4.76. The van der Waals surface area contributed by atoms with Gasteiger partial charge >= 0.3 is 6.03 Å². The minimum Gasteiger partial charge on any atom is -0.343 e. The van der Waals surface area contributed by atoms with E-state index in [4.69, 9.17) is 0 Å². The minimum atomic E-state index is -0.322. The molecule has 0 aromatic heterocycles. The van der Waals surface area contributed by atoms with E-state index in [1.165, 1.54) is 12.5 Å². The van der Waals surface area contributed by atoms with Crippen molar-refractivity contribution in [3.63, 3.8) is 0 Å². The molecule has 2 aliphatic rings. The van der Waals surface area contributed by atoms with Crippen LogP contribution in [-0.2, 0) is 4.79 Å². The number of urea groups is 1. The summed E-state index contributed by atoms with van der Waals surface area (Å²) < 4.78 is 13.6. The Balaban J connectivity index is 1.44. The molecular formula is C20H28FN3O2. The maximum Gasteiger partial charge on any atom is 0.321 e. The summed E-state index contributed by atoms with van der Waals surface area (Å²) >= 11 is 0. The van der Waals surface area contributed by atoms with Gasteiger partial charge in [-0.3, -0.25) is 4.79 Å². The Labute approximate surface area is 154 Å². The lowest BCUT2D eigenvalue weighted by Gasteiger charge is -2.33. The third kappa shape index (κ3) is 4.74. The summed E-state index contributed by atoms with van der Waals surface area (Å²) in [7, 11) is 0. The van der Waals surface area contributed by atoms with Crippen LogP contribution in [0.5, 0.6) is 0 Å². The molecule has 2 heterocycles. The monoisotopic (exact) mass is 361 g/mol. The lowest BCUT2D eigenvalue weighted by Crippen LogP contribution is -2.42. The van der Waals surface area contributed by atoms with E-state index in [1.807, 2.05) is 4.90 Å². The van der Waals surface area contributed by atoms with Crippen molar-refractivity contribution in [1.29, 1.82) is 0 Å². The zero-order chi connectivity index (χ0) is 18.5. The number of anilines is 1. The molecule has 2 saturated heterocycles. The first-order valence-electron chi connectivity index (χ1n) is 9.63. The summed E-state index contributed by atoms with van der Waals surface area (Å²) in [4.78, 5) is 28.5. The first-order valence-corrected chi connectivity index (χ1v) is 9.63. The maximum atomic E-state index is 13.6. The van der Waals surface area contributed by atoms with Crippen LogP contribution in [0.3, 0.4) is 0 Å². The number of nitrogens with one attached hydrogen (secondary N) is 1. The highest BCUT2D eigenvalue weighted by Crippen LogP contribution is 2.23. The predicted octanol–water partition coefficient (Wildman–Crippen LogP) is 3.78. The van der Waals surface area contributed by atoms with Gasteiger partial charge < -0.3 is 15.1 Å². The van der Waals surface area contributed by atoms with Crippen LogP contribution in [0.2, 0.25) is 0 Å². The van der Waals surface area contributed by atoms with Crippen molar-refractivity contribution in [2.45, 2.75) is 45.4 Å². The van der Waals surface area contributed by atoms with Gasteiger partial charge in [-0.05, 0) is 62.6 Å². The number of nitrogens with zero attached hydrogens (tertiary/aromatic N) is 2. The molecule has 0 saturated carbocycles. The molecule has 26 heavy (non-hydrogen) atoms. The number of benzene rings is 1. The summed E-state index contributed by atoms with van der Waals surface area (Å²) in [5.74, 6) is 0.297. The molecule has 6 heteroatoms. The number of likely N-dealkylation sites (tertiary alicyclic amines) is 2. The average molecular weight is 361 g/mol. The second-order valence-corrected chi connectivity index (χ2v) is 7.47. The number of carbonyl (C=O) groups is 2. The molecular weight excluding hydrogens is 333 g/mol. The minimum absolute atomic E-state index is 0.200. The van der Waals surface area contributed by atoms with Gasteiger partial charge in [-0.1, -0.05) is 6.07 Å². The Morgan fingerprint density at radius 3 is 2.42 bits per heavy atom. The van der Waals surface area contributed by atoms with Crippen LogP contribution in [0.25, 0.3) is 0 Å². The van der Waals surface area contributed by atoms with E-state index in [0.29, 0.717) is 36.7 Å².